The lowest BCUT2D eigenvalue weighted by Gasteiger charge is -2.36. The molecule has 164 valence electrons. The molecule has 0 bridgehead atoms. The maximum atomic E-state index is 4.87. The fourth-order valence-corrected chi connectivity index (χ4v) is 4.26. The van der Waals surface area contributed by atoms with E-state index in [0.717, 1.165) is 80.5 Å². The largest absolute Gasteiger partial charge is 0.357 e. The number of aryl methyl sites for hydroxylation is 1. The van der Waals surface area contributed by atoms with Gasteiger partial charge in [0, 0.05) is 70.0 Å². The Morgan fingerprint density at radius 3 is 2.47 bits per heavy atom. The third kappa shape index (κ3) is 5.59. The van der Waals surface area contributed by atoms with Crippen LogP contribution in [0, 0.1) is 0 Å². The fraction of sp³-hybridized carbons (Fsp3) is 0.619. The number of anilines is 2. The van der Waals surface area contributed by atoms with E-state index in [9.17, 15) is 0 Å². The zero-order chi connectivity index (χ0) is 21.3. The summed E-state index contributed by atoms with van der Waals surface area (Å²) in [5.74, 6) is 2.93. The second kappa shape index (κ2) is 11.1. The average Bonchev–Trinajstić information content (AvgIpc) is 3.28. The summed E-state index contributed by atoms with van der Waals surface area (Å²) in [6.07, 6.45) is 2.83. The molecule has 1 N–H and O–H groups in total. The molecule has 1 aliphatic heterocycles. The van der Waals surface area contributed by atoms with Crippen molar-refractivity contribution in [1.29, 1.82) is 0 Å². The average molecular weight is 431 g/mol. The summed E-state index contributed by atoms with van der Waals surface area (Å²) in [5.41, 5.74) is 1.13. The minimum Gasteiger partial charge on any atom is -0.357 e. The first kappa shape index (κ1) is 22.3. The Morgan fingerprint density at radius 1 is 1.13 bits per heavy atom. The van der Waals surface area contributed by atoms with Gasteiger partial charge in [0.05, 0.1) is 6.54 Å². The Hall–Kier alpha value is -2.42. The van der Waals surface area contributed by atoms with Gasteiger partial charge in [-0.2, -0.15) is 4.37 Å². The molecule has 8 nitrogen and oxygen atoms in total. The van der Waals surface area contributed by atoms with E-state index in [4.69, 9.17) is 4.99 Å². The predicted octanol–water partition coefficient (Wildman–Crippen LogP) is 2.63. The van der Waals surface area contributed by atoms with E-state index in [1.807, 2.05) is 6.20 Å². The SMILES string of the molecule is CCNC(=NCc1ccc(N(CC)CC)nc1)N1CCN(c2nc(CC)ns2)CC1. The molecule has 30 heavy (non-hydrogen) atoms. The molecule has 0 aliphatic carbocycles. The van der Waals surface area contributed by atoms with Crippen molar-refractivity contribution in [3.63, 3.8) is 0 Å². The van der Waals surface area contributed by atoms with Crippen LogP contribution in [-0.4, -0.2) is 71.0 Å². The van der Waals surface area contributed by atoms with Crippen LogP contribution in [0.2, 0.25) is 0 Å². The van der Waals surface area contributed by atoms with E-state index < -0.39 is 0 Å². The highest BCUT2D eigenvalue weighted by atomic mass is 32.1. The van der Waals surface area contributed by atoms with Crippen molar-refractivity contribution >= 4 is 28.4 Å². The van der Waals surface area contributed by atoms with Gasteiger partial charge in [0.1, 0.15) is 11.6 Å². The van der Waals surface area contributed by atoms with Crippen LogP contribution < -0.4 is 15.1 Å². The molecule has 9 heteroatoms. The number of nitrogens with zero attached hydrogens (tertiary/aromatic N) is 7. The first-order chi connectivity index (χ1) is 14.7. The monoisotopic (exact) mass is 430 g/mol. The van der Waals surface area contributed by atoms with E-state index >= 15 is 0 Å². The van der Waals surface area contributed by atoms with E-state index in [1.165, 1.54) is 11.5 Å². The van der Waals surface area contributed by atoms with Crippen LogP contribution in [0.15, 0.2) is 23.3 Å². The molecule has 0 spiro atoms. The lowest BCUT2D eigenvalue weighted by molar-refractivity contribution is 0.372. The predicted molar refractivity (Wildman–Crippen MR) is 126 cm³/mol. The highest BCUT2D eigenvalue weighted by Gasteiger charge is 2.22. The van der Waals surface area contributed by atoms with Gasteiger partial charge in [-0.05, 0) is 32.4 Å². The lowest BCUT2D eigenvalue weighted by atomic mass is 10.2. The van der Waals surface area contributed by atoms with Gasteiger partial charge in [0.25, 0.3) is 0 Å². The molecule has 0 aromatic carbocycles. The van der Waals surface area contributed by atoms with Crippen molar-refractivity contribution in [3.05, 3.63) is 29.7 Å². The molecule has 0 unspecified atom stereocenters. The van der Waals surface area contributed by atoms with E-state index in [-0.39, 0.29) is 0 Å². The van der Waals surface area contributed by atoms with Gasteiger partial charge in [-0.3, -0.25) is 0 Å². The summed E-state index contributed by atoms with van der Waals surface area (Å²) in [6.45, 7) is 15.6. The molecule has 0 radical (unpaired) electrons. The number of hydrogen-bond acceptors (Lipinski definition) is 7. The van der Waals surface area contributed by atoms with Gasteiger partial charge in [-0.1, -0.05) is 13.0 Å². The summed E-state index contributed by atoms with van der Waals surface area (Å²) in [4.78, 5) is 21.0. The number of aliphatic imine (C=N–C) groups is 1. The Labute approximate surface area is 184 Å². The van der Waals surface area contributed by atoms with Crippen LogP contribution >= 0.6 is 11.5 Å². The van der Waals surface area contributed by atoms with Crippen molar-refractivity contribution in [1.82, 2.24) is 24.6 Å². The van der Waals surface area contributed by atoms with Crippen LogP contribution in [0.25, 0.3) is 0 Å². The highest BCUT2D eigenvalue weighted by Crippen LogP contribution is 2.19. The fourth-order valence-electron chi connectivity index (χ4n) is 3.46. The number of guanidine groups is 1. The second-order valence-electron chi connectivity index (χ2n) is 7.19. The van der Waals surface area contributed by atoms with E-state index in [0.29, 0.717) is 6.54 Å². The maximum Gasteiger partial charge on any atom is 0.205 e. The molecule has 0 atom stereocenters. The summed E-state index contributed by atoms with van der Waals surface area (Å²) in [5, 5.41) is 4.48. The van der Waals surface area contributed by atoms with Crippen LogP contribution in [0.3, 0.4) is 0 Å². The summed E-state index contributed by atoms with van der Waals surface area (Å²) >= 11 is 1.50. The minimum atomic E-state index is 0.629. The zero-order valence-corrected chi connectivity index (χ0v) is 19.5. The molecular formula is C21H34N8S. The normalized spacial score (nSPS) is 14.9. The molecule has 0 saturated carbocycles. The lowest BCUT2D eigenvalue weighted by Crippen LogP contribution is -2.52. The van der Waals surface area contributed by atoms with E-state index in [1.54, 1.807) is 0 Å². The third-order valence-corrected chi connectivity index (χ3v) is 6.08. The van der Waals surface area contributed by atoms with Crippen LogP contribution in [-0.2, 0) is 13.0 Å². The summed E-state index contributed by atoms with van der Waals surface area (Å²) in [6, 6.07) is 4.22. The molecule has 1 aliphatic rings. The van der Waals surface area contributed by atoms with Crippen LogP contribution in [0.1, 0.15) is 39.1 Å². The Bertz CT molecular complexity index is 792. The number of pyridine rings is 1. The molecule has 2 aromatic heterocycles. The third-order valence-electron chi connectivity index (χ3n) is 5.27. The van der Waals surface area contributed by atoms with Crippen molar-refractivity contribution < 1.29 is 0 Å². The topological polar surface area (TPSA) is 72.8 Å². The molecular weight excluding hydrogens is 396 g/mol. The van der Waals surface area contributed by atoms with Gasteiger partial charge in [0.2, 0.25) is 5.13 Å². The Kier molecular flexibility index (Phi) is 8.24. The minimum absolute atomic E-state index is 0.629. The zero-order valence-electron chi connectivity index (χ0n) is 18.6. The van der Waals surface area contributed by atoms with Crippen molar-refractivity contribution in [2.75, 3.05) is 55.6 Å². The quantitative estimate of drug-likeness (QED) is 0.510. The smallest absolute Gasteiger partial charge is 0.205 e. The molecule has 3 rings (SSSR count). The van der Waals surface area contributed by atoms with E-state index in [2.05, 4.69) is 74.2 Å². The first-order valence-corrected chi connectivity index (χ1v) is 11.8. The van der Waals surface area contributed by atoms with Gasteiger partial charge in [-0.15, -0.1) is 0 Å². The van der Waals surface area contributed by atoms with Gasteiger partial charge >= 0.3 is 0 Å². The van der Waals surface area contributed by atoms with Crippen molar-refractivity contribution in [2.24, 2.45) is 4.99 Å². The Morgan fingerprint density at radius 2 is 1.90 bits per heavy atom. The van der Waals surface area contributed by atoms with Gasteiger partial charge in [-0.25, -0.2) is 15.0 Å². The number of aromatic nitrogens is 3. The van der Waals surface area contributed by atoms with Crippen molar-refractivity contribution in [3.8, 4) is 0 Å². The van der Waals surface area contributed by atoms with Crippen molar-refractivity contribution in [2.45, 2.75) is 40.7 Å². The standard InChI is InChI=1S/C21H34N8S/c1-5-18-25-21(30-26-18)29-13-11-28(12-14-29)20(22-6-2)24-16-17-9-10-19(23-15-17)27(7-3)8-4/h9-10,15H,5-8,11-14,16H2,1-4H3,(H,22,24). The molecule has 1 saturated heterocycles. The van der Waals surface area contributed by atoms with Gasteiger partial charge in [0.15, 0.2) is 5.96 Å². The molecule has 1 fully saturated rings. The second-order valence-corrected chi connectivity index (χ2v) is 7.92. The number of rotatable bonds is 8. The highest BCUT2D eigenvalue weighted by molar-refractivity contribution is 7.09. The Balaban J connectivity index is 1.59. The first-order valence-electron chi connectivity index (χ1n) is 11.0. The maximum absolute atomic E-state index is 4.87. The number of nitrogens with one attached hydrogen (secondary N) is 1. The summed E-state index contributed by atoms with van der Waals surface area (Å²) < 4.78 is 4.41. The molecule has 2 aromatic rings. The molecule has 0 amide bonds. The number of piperazine rings is 1. The molecule has 3 heterocycles. The summed E-state index contributed by atoms with van der Waals surface area (Å²) in [7, 11) is 0. The number of hydrogen-bond donors (Lipinski definition) is 1. The van der Waals surface area contributed by atoms with Gasteiger partial charge < -0.3 is 20.0 Å². The van der Waals surface area contributed by atoms with Crippen LogP contribution in [0.4, 0.5) is 10.9 Å². The van der Waals surface area contributed by atoms with Crippen LogP contribution in [0.5, 0.6) is 0 Å².